The first kappa shape index (κ1) is 54.7. The van der Waals surface area contributed by atoms with E-state index >= 15 is 0 Å². The first-order chi connectivity index (χ1) is 29.4. The first-order valence-corrected chi connectivity index (χ1v) is 25.7. The molecule has 0 aromatic carbocycles. The molecule has 1 unspecified atom stereocenters. The summed E-state index contributed by atoms with van der Waals surface area (Å²) >= 11 is 0. The second kappa shape index (κ2) is 33.1. The van der Waals surface area contributed by atoms with Gasteiger partial charge in [-0.1, -0.05) is 117 Å². The summed E-state index contributed by atoms with van der Waals surface area (Å²) in [6.45, 7) is 12.3. The molecule has 12 heteroatoms. The Hall–Kier alpha value is -2.43. The van der Waals surface area contributed by atoms with Crippen molar-refractivity contribution in [3.63, 3.8) is 0 Å². The van der Waals surface area contributed by atoms with E-state index < -0.39 is 32.5 Å². The van der Waals surface area contributed by atoms with Gasteiger partial charge in [-0.3, -0.25) is 18.6 Å². The van der Waals surface area contributed by atoms with Gasteiger partial charge in [0.25, 0.3) is 0 Å². The van der Waals surface area contributed by atoms with Crippen LogP contribution in [0.25, 0.3) is 0 Å². The lowest BCUT2D eigenvalue weighted by Crippen LogP contribution is -2.29. The van der Waals surface area contributed by atoms with E-state index in [4.69, 9.17) is 33.1 Å². The first-order valence-electron chi connectivity index (χ1n) is 24.2. The van der Waals surface area contributed by atoms with Crippen molar-refractivity contribution in [3.8, 4) is 0 Å². The van der Waals surface area contributed by atoms with E-state index in [1.54, 1.807) is 0 Å². The van der Waals surface area contributed by atoms with Crippen molar-refractivity contribution >= 4 is 19.8 Å². The third-order valence-electron chi connectivity index (χ3n) is 11.9. The van der Waals surface area contributed by atoms with Crippen molar-refractivity contribution in [2.24, 2.45) is 5.73 Å². The van der Waals surface area contributed by atoms with Gasteiger partial charge in [-0.2, -0.15) is 0 Å². The van der Waals surface area contributed by atoms with Crippen LogP contribution in [0.15, 0.2) is 8.83 Å². The van der Waals surface area contributed by atoms with Crippen LogP contribution in [0, 0.1) is 27.7 Å². The molecule has 2 aromatic heterocycles. The van der Waals surface area contributed by atoms with Gasteiger partial charge in [-0.15, -0.1) is 0 Å². The lowest BCUT2D eigenvalue weighted by Gasteiger charge is -2.19. The van der Waals surface area contributed by atoms with Crippen LogP contribution in [0.5, 0.6) is 0 Å². The number of nitrogens with two attached hydrogens (primary N) is 1. The van der Waals surface area contributed by atoms with Crippen LogP contribution in [-0.4, -0.2) is 49.3 Å². The number of hydrogen-bond donors (Lipinski definition) is 2. The van der Waals surface area contributed by atoms with Crippen LogP contribution in [0.3, 0.4) is 0 Å². The summed E-state index contributed by atoms with van der Waals surface area (Å²) in [6, 6.07) is 0. The van der Waals surface area contributed by atoms with Gasteiger partial charge in [0.05, 0.1) is 13.2 Å². The molecule has 352 valence electrons. The highest BCUT2D eigenvalue weighted by atomic mass is 31.2. The van der Waals surface area contributed by atoms with Crippen molar-refractivity contribution in [1.82, 2.24) is 0 Å². The third kappa shape index (κ3) is 24.3. The largest absolute Gasteiger partial charge is 0.472 e. The fourth-order valence-electron chi connectivity index (χ4n) is 7.74. The molecule has 0 bridgehead atoms. The van der Waals surface area contributed by atoms with E-state index in [2.05, 4.69) is 41.5 Å². The highest BCUT2D eigenvalue weighted by Crippen LogP contribution is 2.43. The van der Waals surface area contributed by atoms with E-state index in [1.165, 1.54) is 111 Å². The van der Waals surface area contributed by atoms with E-state index in [0.29, 0.717) is 12.8 Å². The summed E-state index contributed by atoms with van der Waals surface area (Å²) < 4.78 is 45.3. The smallest absolute Gasteiger partial charge is 0.466 e. The molecule has 0 aliphatic heterocycles. The van der Waals surface area contributed by atoms with Crippen LogP contribution in [-0.2, 0) is 58.4 Å². The number of rotatable bonds is 39. The Morgan fingerprint density at radius 1 is 0.541 bits per heavy atom. The highest BCUT2D eigenvalue weighted by Gasteiger charge is 2.26. The SMILES string of the molecule is CCCCCc1oc(CCCCCCCCCCCCC(=O)O[C@H](COC(=O)CCCCCCCCCCc2oc(CCC)c(C)c2C)COP(=O)(O)OCCN)c(C)c1C. The Kier molecular flexibility index (Phi) is 29.7. The molecule has 0 fully saturated rings. The second-order valence-electron chi connectivity index (χ2n) is 17.1. The molecule has 11 nitrogen and oxygen atoms in total. The summed E-state index contributed by atoms with van der Waals surface area (Å²) in [5, 5.41) is 0. The zero-order chi connectivity index (χ0) is 44.7. The van der Waals surface area contributed by atoms with Gasteiger partial charge in [-0.25, -0.2) is 4.57 Å². The van der Waals surface area contributed by atoms with Gasteiger partial charge in [0.2, 0.25) is 0 Å². The Labute approximate surface area is 370 Å². The number of phosphoric acid groups is 1. The molecule has 2 rings (SSSR count). The van der Waals surface area contributed by atoms with Crippen molar-refractivity contribution in [3.05, 3.63) is 45.3 Å². The number of carbonyl (C=O) groups is 2. The van der Waals surface area contributed by atoms with Crippen LogP contribution < -0.4 is 5.73 Å². The molecule has 2 aromatic rings. The highest BCUT2D eigenvalue weighted by molar-refractivity contribution is 7.47. The van der Waals surface area contributed by atoms with Crippen molar-refractivity contribution < 1.29 is 46.4 Å². The Morgan fingerprint density at radius 3 is 1.36 bits per heavy atom. The number of carbonyl (C=O) groups excluding carboxylic acids is 2. The number of ether oxygens (including phenoxy) is 2. The topological polar surface area (TPSA) is 161 Å². The maximum absolute atomic E-state index is 12.7. The maximum Gasteiger partial charge on any atom is 0.472 e. The van der Waals surface area contributed by atoms with Crippen molar-refractivity contribution in [2.75, 3.05) is 26.4 Å². The summed E-state index contributed by atoms with van der Waals surface area (Å²) in [4.78, 5) is 35.2. The molecule has 2 atom stereocenters. The fraction of sp³-hybridized carbons (Fsp3) is 0.796. The number of furan rings is 2. The lowest BCUT2D eigenvalue weighted by atomic mass is 10.0. The molecule has 61 heavy (non-hydrogen) atoms. The molecule has 0 spiro atoms. The third-order valence-corrected chi connectivity index (χ3v) is 12.9. The summed E-state index contributed by atoms with van der Waals surface area (Å²) in [7, 11) is -4.40. The Balaban J connectivity index is 1.55. The molecular formula is C49H86NO10P. The fourth-order valence-corrected chi connectivity index (χ4v) is 8.51. The molecule has 0 aliphatic carbocycles. The molecule has 0 saturated heterocycles. The summed E-state index contributed by atoms with van der Waals surface area (Å²) in [5.74, 6) is 3.81. The van der Waals surface area contributed by atoms with Crippen LogP contribution >= 0.6 is 7.82 Å². The van der Waals surface area contributed by atoms with Crippen LogP contribution in [0.4, 0.5) is 0 Å². The predicted molar refractivity (Wildman–Crippen MR) is 245 cm³/mol. The molecular weight excluding hydrogens is 794 g/mol. The Bertz CT molecular complexity index is 1520. The number of aryl methyl sites for hydroxylation is 4. The van der Waals surface area contributed by atoms with E-state index in [-0.39, 0.29) is 32.6 Å². The van der Waals surface area contributed by atoms with Crippen molar-refractivity contribution in [1.29, 1.82) is 0 Å². The number of hydrogen-bond acceptors (Lipinski definition) is 10. The minimum atomic E-state index is -4.40. The average Bonchev–Trinajstić information content (AvgIpc) is 3.66. The summed E-state index contributed by atoms with van der Waals surface area (Å²) in [6.07, 6.45) is 27.9. The normalized spacial score (nSPS) is 13.1. The number of unbranched alkanes of at least 4 members (excludes halogenated alkanes) is 18. The van der Waals surface area contributed by atoms with Gasteiger partial charge in [-0.05, 0) is 88.5 Å². The van der Waals surface area contributed by atoms with E-state index in [0.717, 1.165) is 88.6 Å². The number of esters is 2. The second-order valence-corrected chi connectivity index (χ2v) is 18.6. The standard InChI is InChI=1S/C49H86NO10P/c1-7-9-24-30-45-41(5)42(6)47(60-45)32-26-20-16-12-10-11-13-19-23-28-34-49(52)58-43(38-57-61(53,54)56-36-35-50)37-55-48(51)33-27-22-18-15-14-17-21-25-31-46-40(4)39(3)44(59-46)29-8-2/h43H,7-38,50H2,1-6H3,(H,53,54)/t43-/m1/s1. The molecule has 0 amide bonds. The molecule has 0 radical (unpaired) electrons. The number of phosphoric ester groups is 1. The van der Waals surface area contributed by atoms with Gasteiger partial charge in [0.15, 0.2) is 6.10 Å². The molecule has 0 aliphatic rings. The average molecular weight is 880 g/mol. The molecule has 0 saturated carbocycles. The zero-order valence-corrected chi connectivity index (χ0v) is 40.2. The van der Waals surface area contributed by atoms with Gasteiger partial charge < -0.3 is 28.9 Å². The van der Waals surface area contributed by atoms with Crippen LogP contribution in [0.1, 0.15) is 213 Å². The van der Waals surface area contributed by atoms with E-state index in [1.807, 2.05) is 0 Å². The zero-order valence-electron chi connectivity index (χ0n) is 39.4. The quantitative estimate of drug-likeness (QED) is 0.0373. The van der Waals surface area contributed by atoms with Crippen molar-refractivity contribution in [2.45, 2.75) is 227 Å². The van der Waals surface area contributed by atoms with E-state index in [9.17, 15) is 19.0 Å². The minimum Gasteiger partial charge on any atom is -0.466 e. The molecule has 2 heterocycles. The monoisotopic (exact) mass is 880 g/mol. The Morgan fingerprint density at radius 2 is 0.934 bits per heavy atom. The van der Waals surface area contributed by atoms with Gasteiger partial charge >= 0.3 is 19.8 Å². The maximum atomic E-state index is 12.7. The summed E-state index contributed by atoms with van der Waals surface area (Å²) in [5.41, 5.74) is 10.7. The van der Waals surface area contributed by atoms with Crippen LogP contribution in [0.2, 0.25) is 0 Å². The lowest BCUT2D eigenvalue weighted by molar-refractivity contribution is -0.161. The minimum absolute atomic E-state index is 0.0441. The predicted octanol–water partition coefficient (Wildman–Crippen LogP) is 12.9. The molecule has 3 N–H and O–H groups in total. The van der Waals surface area contributed by atoms with Gasteiger partial charge in [0.1, 0.15) is 29.6 Å². The van der Waals surface area contributed by atoms with Gasteiger partial charge in [0, 0.05) is 45.1 Å².